The second kappa shape index (κ2) is 7.07. The molecule has 1 aromatic heterocycles. The molecule has 1 aromatic carbocycles. The summed E-state index contributed by atoms with van der Waals surface area (Å²) in [5.74, 6) is 1.37. The Labute approximate surface area is 138 Å². The molecule has 22 heavy (non-hydrogen) atoms. The van der Waals surface area contributed by atoms with Gasteiger partial charge < -0.3 is 15.4 Å². The van der Waals surface area contributed by atoms with Crippen LogP contribution in [0.3, 0.4) is 0 Å². The largest absolute Gasteiger partial charge is 0.376 e. The molecule has 0 aliphatic carbocycles. The van der Waals surface area contributed by atoms with E-state index in [-0.39, 0.29) is 6.10 Å². The molecule has 6 heteroatoms. The van der Waals surface area contributed by atoms with Crippen LogP contribution < -0.4 is 10.6 Å². The summed E-state index contributed by atoms with van der Waals surface area (Å²) in [5, 5.41) is 6.54. The van der Waals surface area contributed by atoms with Gasteiger partial charge in [-0.15, -0.1) is 0 Å². The topological polar surface area (TPSA) is 59.1 Å². The van der Waals surface area contributed by atoms with Crippen molar-refractivity contribution in [1.29, 1.82) is 0 Å². The van der Waals surface area contributed by atoms with Crippen LogP contribution in [-0.2, 0) is 4.74 Å². The highest BCUT2D eigenvalue weighted by Crippen LogP contribution is 2.25. The normalized spacial score (nSPS) is 17.5. The Bertz CT molecular complexity index is 644. The molecule has 5 nitrogen and oxygen atoms in total. The number of nitrogens with one attached hydrogen (secondary N) is 2. The third-order valence-electron chi connectivity index (χ3n) is 3.56. The summed E-state index contributed by atoms with van der Waals surface area (Å²) in [5.41, 5.74) is 2.15. The Morgan fingerprint density at radius 1 is 1.36 bits per heavy atom. The van der Waals surface area contributed by atoms with Gasteiger partial charge in [0.15, 0.2) is 0 Å². The molecule has 0 bridgehead atoms. The molecule has 2 heterocycles. The minimum atomic E-state index is 0.289. The average Bonchev–Trinajstić information content (AvgIpc) is 3.02. The fourth-order valence-corrected chi connectivity index (χ4v) is 2.98. The third-order valence-corrected chi connectivity index (χ3v) is 4.22. The molecule has 0 amide bonds. The van der Waals surface area contributed by atoms with E-state index in [9.17, 15) is 0 Å². The van der Waals surface area contributed by atoms with Crippen molar-refractivity contribution in [3.05, 3.63) is 40.5 Å². The molecule has 1 aliphatic rings. The highest BCUT2D eigenvalue weighted by Gasteiger charge is 2.15. The lowest BCUT2D eigenvalue weighted by atomic mass is 10.2. The highest BCUT2D eigenvalue weighted by atomic mass is 79.9. The van der Waals surface area contributed by atoms with E-state index in [1.54, 1.807) is 6.20 Å². The van der Waals surface area contributed by atoms with Gasteiger partial charge in [-0.1, -0.05) is 6.07 Å². The van der Waals surface area contributed by atoms with E-state index in [0.29, 0.717) is 5.95 Å². The van der Waals surface area contributed by atoms with Gasteiger partial charge in [0.1, 0.15) is 5.82 Å². The molecule has 1 atom stereocenters. The van der Waals surface area contributed by atoms with E-state index < -0.39 is 0 Å². The SMILES string of the molecule is Cc1ccc(Nc2nccc(NCC3CCCO3)n2)c(Br)c1. The first-order valence-corrected chi connectivity index (χ1v) is 8.22. The summed E-state index contributed by atoms with van der Waals surface area (Å²) in [7, 11) is 0. The maximum absolute atomic E-state index is 5.60. The van der Waals surface area contributed by atoms with Gasteiger partial charge in [-0.2, -0.15) is 4.98 Å². The van der Waals surface area contributed by atoms with Crippen LogP contribution in [0.1, 0.15) is 18.4 Å². The van der Waals surface area contributed by atoms with Gasteiger partial charge in [0, 0.05) is 23.8 Å². The first-order chi connectivity index (χ1) is 10.7. The Balaban J connectivity index is 1.65. The average molecular weight is 363 g/mol. The van der Waals surface area contributed by atoms with Crippen LogP contribution in [0.25, 0.3) is 0 Å². The lowest BCUT2D eigenvalue weighted by Gasteiger charge is -2.12. The van der Waals surface area contributed by atoms with Gasteiger partial charge in [-0.3, -0.25) is 0 Å². The van der Waals surface area contributed by atoms with Crippen molar-refractivity contribution in [2.45, 2.75) is 25.9 Å². The predicted octanol–water partition coefficient (Wildman–Crippen LogP) is 3.88. The summed E-state index contributed by atoms with van der Waals surface area (Å²) in [4.78, 5) is 8.75. The van der Waals surface area contributed by atoms with Crippen molar-refractivity contribution in [3.8, 4) is 0 Å². The number of aryl methyl sites for hydroxylation is 1. The molecule has 2 aromatic rings. The summed E-state index contributed by atoms with van der Waals surface area (Å²) >= 11 is 3.55. The molecule has 1 saturated heterocycles. The molecular weight excluding hydrogens is 344 g/mol. The summed E-state index contributed by atoms with van der Waals surface area (Å²) in [6.07, 6.45) is 4.29. The monoisotopic (exact) mass is 362 g/mol. The maximum Gasteiger partial charge on any atom is 0.229 e. The molecule has 3 rings (SSSR count). The predicted molar refractivity (Wildman–Crippen MR) is 91.7 cm³/mol. The second-order valence-electron chi connectivity index (χ2n) is 5.39. The number of benzene rings is 1. The van der Waals surface area contributed by atoms with Gasteiger partial charge in [0.25, 0.3) is 0 Å². The van der Waals surface area contributed by atoms with Gasteiger partial charge in [-0.05, 0) is 59.5 Å². The van der Waals surface area contributed by atoms with Crippen LogP contribution in [0, 0.1) is 6.92 Å². The van der Waals surface area contributed by atoms with Crippen LogP contribution in [0.15, 0.2) is 34.9 Å². The molecule has 116 valence electrons. The van der Waals surface area contributed by atoms with E-state index >= 15 is 0 Å². The van der Waals surface area contributed by atoms with Crippen LogP contribution in [-0.4, -0.2) is 29.2 Å². The van der Waals surface area contributed by atoms with Crippen molar-refractivity contribution in [2.24, 2.45) is 0 Å². The lowest BCUT2D eigenvalue weighted by molar-refractivity contribution is 0.120. The molecule has 1 fully saturated rings. The minimum absolute atomic E-state index is 0.289. The zero-order chi connectivity index (χ0) is 15.4. The highest BCUT2D eigenvalue weighted by molar-refractivity contribution is 9.10. The van der Waals surface area contributed by atoms with E-state index in [1.165, 1.54) is 5.56 Å². The molecule has 2 N–H and O–H groups in total. The minimum Gasteiger partial charge on any atom is -0.376 e. The molecule has 1 unspecified atom stereocenters. The van der Waals surface area contributed by atoms with Gasteiger partial charge >= 0.3 is 0 Å². The fraction of sp³-hybridized carbons (Fsp3) is 0.375. The summed E-state index contributed by atoms with van der Waals surface area (Å²) in [6.45, 7) is 3.70. The second-order valence-corrected chi connectivity index (χ2v) is 6.24. The van der Waals surface area contributed by atoms with E-state index in [2.05, 4.69) is 49.5 Å². The van der Waals surface area contributed by atoms with Gasteiger partial charge in [0.05, 0.1) is 11.8 Å². The standard InChI is InChI=1S/C16H19BrN4O/c1-11-4-5-14(13(17)9-11)20-16-18-7-6-15(21-16)19-10-12-3-2-8-22-12/h4-7,9,12H,2-3,8,10H2,1H3,(H2,18,19,20,21). The zero-order valence-electron chi connectivity index (χ0n) is 12.5. The molecule has 1 aliphatic heterocycles. The Morgan fingerprint density at radius 2 is 2.27 bits per heavy atom. The Hall–Kier alpha value is -1.66. The maximum atomic E-state index is 5.60. The third kappa shape index (κ3) is 3.96. The Kier molecular flexibility index (Phi) is 4.90. The number of hydrogen-bond acceptors (Lipinski definition) is 5. The van der Waals surface area contributed by atoms with E-state index in [1.807, 2.05) is 18.2 Å². The molecule has 0 radical (unpaired) electrons. The van der Waals surface area contributed by atoms with Crippen LogP contribution in [0.2, 0.25) is 0 Å². The Morgan fingerprint density at radius 3 is 3.05 bits per heavy atom. The van der Waals surface area contributed by atoms with Crippen molar-refractivity contribution in [3.63, 3.8) is 0 Å². The van der Waals surface area contributed by atoms with Gasteiger partial charge in [-0.25, -0.2) is 4.98 Å². The number of hydrogen-bond donors (Lipinski definition) is 2. The lowest BCUT2D eigenvalue weighted by Crippen LogP contribution is -2.19. The molecular formula is C16H19BrN4O. The first kappa shape index (κ1) is 15.2. The summed E-state index contributed by atoms with van der Waals surface area (Å²) in [6, 6.07) is 7.98. The van der Waals surface area contributed by atoms with Crippen LogP contribution in [0.4, 0.5) is 17.5 Å². The number of halogens is 1. The number of aromatic nitrogens is 2. The number of rotatable bonds is 5. The van der Waals surface area contributed by atoms with E-state index in [4.69, 9.17) is 4.74 Å². The fourth-order valence-electron chi connectivity index (χ4n) is 2.38. The van der Waals surface area contributed by atoms with Crippen molar-refractivity contribution in [2.75, 3.05) is 23.8 Å². The number of nitrogens with zero attached hydrogens (tertiary/aromatic N) is 2. The van der Waals surface area contributed by atoms with Crippen molar-refractivity contribution in [1.82, 2.24) is 9.97 Å². The number of anilines is 3. The van der Waals surface area contributed by atoms with Crippen LogP contribution >= 0.6 is 15.9 Å². The zero-order valence-corrected chi connectivity index (χ0v) is 14.1. The van der Waals surface area contributed by atoms with E-state index in [0.717, 1.165) is 42.0 Å². The first-order valence-electron chi connectivity index (χ1n) is 7.42. The van der Waals surface area contributed by atoms with Crippen LogP contribution in [0.5, 0.6) is 0 Å². The van der Waals surface area contributed by atoms with Crippen molar-refractivity contribution < 1.29 is 4.74 Å². The molecule has 0 spiro atoms. The number of ether oxygens (including phenoxy) is 1. The molecule has 0 saturated carbocycles. The van der Waals surface area contributed by atoms with Crippen molar-refractivity contribution >= 4 is 33.4 Å². The van der Waals surface area contributed by atoms with Gasteiger partial charge in [0.2, 0.25) is 5.95 Å². The quantitative estimate of drug-likeness (QED) is 0.844. The smallest absolute Gasteiger partial charge is 0.229 e. The summed E-state index contributed by atoms with van der Waals surface area (Å²) < 4.78 is 6.59.